The summed E-state index contributed by atoms with van der Waals surface area (Å²) in [6, 6.07) is 9.36. The van der Waals surface area contributed by atoms with Crippen LogP contribution in [0.1, 0.15) is 34.0 Å². The monoisotopic (exact) mass is 351 g/mol. The molecule has 1 aliphatic rings. The number of carboxylic acids is 1. The number of aromatic carboxylic acids is 1. The Labute approximate surface area is 147 Å². The fourth-order valence-corrected chi connectivity index (χ4v) is 3.32. The number of hydrogen-bond donors (Lipinski definition) is 2. The highest BCUT2D eigenvalue weighted by Gasteiger charge is 2.34. The quantitative estimate of drug-likeness (QED) is 0.759. The molecule has 2 aromatic heterocycles. The molecule has 1 aliphatic heterocycles. The smallest absolute Gasteiger partial charge is 0.339 e. The van der Waals surface area contributed by atoms with Crippen LogP contribution in [0.3, 0.4) is 0 Å². The second kappa shape index (κ2) is 6.11. The number of carbonyl (C=O) groups excluding carboxylic acids is 1. The number of hydrogen-bond acceptors (Lipinski definition) is 3. The molecule has 1 aromatic carbocycles. The van der Waals surface area contributed by atoms with Crippen molar-refractivity contribution < 1.29 is 19.1 Å². The lowest BCUT2D eigenvalue weighted by molar-refractivity contribution is -0.116. The zero-order valence-corrected chi connectivity index (χ0v) is 13.5. The molecule has 3 heterocycles. The highest BCUT2D eigenvalue weighted by Crippen LogP contribution is 2.41. The SMILES string of the molecule is O=C1C[C@@H](c2ccncc2)c2c(c(C(=O)O)cn2-c2ccc(F)cc2)N1. The van der Waals surface area contributed by atoms with E-state index >= 15 is 0 Å². The van der Waals surface area contributed by atoms with Gasteiger partial charge in [-0.3, -0.25) is 9.78 Å². The summed E-state index contributed by atoms with van der Waals surface area (Å²) >= 11 is 0. The number of halogens is 1. The lowest BCUT2D eigenvalue weighted by Gasteiger charge is -2.26. The molecular weight excluding hydrogens is 337 g/mol. The van der Waals surface area contributed by atoms with E-state index in [1.807, 2.05) is 0 Å². The zero-order chi connectivity index (χ0) is 18.3. The third-order valence-corrected chi connectivity index (χ3v) is 4.47. The van der Waals surface area contributed by atoms with E-state index in [4.69, 9.17) is 0 Å². The summed E-state index contributed by atoms with van der Waals surface area (Å²) in [5.41, 5.74) is 2.40. The summed E-state index contributed by atoms with van der Waals surface area (Å²) in [6.07, 6.45) is 4.90. The van der Waals surface area contributed by atoms with E-state index < -0.39 is 5.97 Å². The highest BCUT2D eigenvalue weighted by atomic mass is 19.1. The maximum Gasteiger partial charge on any atom is 0.339 e. The molecule has 3 aromatic rings. The molecule has 2 N–H and O–H groups in total. The lowest BCUT2D eigenvalue weighted by atomic mass is 9.89. The molecular formula is C19H14FN3O3. The van der Waals surface area contributed by atoms with Crippen LogP contribution in [0.25, 0.3) is 5.69 Å². The summed E-state index contributed by atoms with van der Waals surface area (Å²) < 4.78 is 15.0. The second-order valence-electron chi connectivity index (χ2n) is 6.04. The number of anilines is 1. The van der Waals surface area contributed by atoms with Gasteiger partial charge in [-0.1, -0.05) is 0 Å². The maximum absolute atomic E-state index is 13.3. The van der Waals surface area contributed by atoms with Crippen molar-refractivity contribution in [2.24, 2.45) is 0 Å². The minimum atomic E-state index is -1.14. The molecule has 0 fully saturated rings. The van der Waals surface area contributed by atoms with Crippen LogP contribution in [0.5, 0.6) is 0 Å². The van der Waals surface area contributed by atoms with Gasteiger partial charge in [-0.2, -0.15) is 0 Å². The van der Waals surface area contributed by atoms with Crippen molar-refractivity contribution in [1.29, 1.82) is 0 Å². The first-order valence-electron chi connectivity index (χ1n) is 7.99. The molecule has 0 bridgehead atoms. The minimum absolute atomic E-state index is 0.00330. The van der Waals surface area contributed by atoms with Crippen molar-refractivity contribution in [1.82, 2.24) is 9.55 Å². The second-order valence-corrected chi connectivity index (χ2v) is 6.04. The molecule has 0 spiro atoms. The van der Waals surface area contributed by atoms with Crippen molar-refractivity contribution in [2.45, 2.75) is 12.3 Å². The molecule has 26 heavy (non-hydrogen) atoms. The van der Waals surface area contributed by atoms with Gasteiger partial charge < -0.3 is 15.0 Å². The van der Waals surface area contributed by atoms with E-state index in [2.05, 4.69) is 10.3 Å². The number of rotatable bonds is 3. The summed E-state index contributed by atoms with van der Waals surface area (Å²) in [7, 11) is 0. The number of amides is 1. The van der Waals surface area contributed by atoms with Crippen molar-refractivity contribution >= 4 is 17.6 Å². The molecule has 0 unspecified atom stereocenters. The summed E-state index contributed by atoms with van der Waals surface area (Å²) in [6.45, 7) is 0. The Morgan fingerprint density at radius 1 is 1.19 bits per heavy atom. The summed E-state index contributed by atoms with van der Waals surface area (Å²) in [4.78, 5) is 27.9. The fourth-order valence-electron chi connectivity index (χ4n) is 3.32. The van der Waals surface area contributed by atoms with Crippen molar-refractivity contribution in [2.75, 3.05) is 5.32 Å². The average Bonchev–Trinajstić information content (AvgIpc) is 3.02. The molecule has 1 amide bonds. The van der Waals surface area contributed by atoms with E-state index in [0.29, 0.717) is 11.4 Å². The van der Waals surface area contributed by atoms with E-state index in [0.717, 1.165) is 5.56 Å². The average molecular weight is 351 g/mol. The van der Waals surface area contributed by atoms with Gasteiger partial charge in [0.1, 0.15) is 11.4 Å². The highest BCUT2D eigenvalue weighted by molar-refractivity contribution is 6.04. The Morgan fingerprint density at radius 2 is 1.88 bits per heavy atom. The molecule has 0 saturated carbocycles. The van der Waals surface area contributed by atoms with Crippen molar-refractivity contribution in [3.05, 3.63) is 77.6 Å². The molecule has 1 atom stereocenters. The Hall–Kier alpha value is -3.48. The number of pyridine rings is 1. The first-order valence-corrected chi connectivity index (χ1v) is 7.99. The Bertz CT molecular complexity index is 997. The van der Waals surface area contributed by atoms with Crippen molar-refractivity contribution in [3.8, 4) is 5.69 Å². The van der Waals surface area contributed by atoms with Crippen LogP contribution in [-0.4, -0.2) is 26.5 Å². The molecule has 0 aliphatic carbocycles. The number of fused-ring (bicyclic) bond motifs is 1. The Balaban J connectivity index is 1.97. The number of nitrogens with one attached hydrogen (secondary N) is 1. The number of carboxylic acid groups (broad SMARTS) is 1. The van der Waals surface area contributed by atoms with Crippen molar-refractivity contribution in [3.63, 3.8) is 0 Å². The fraction of sp³-hybridized carbons (Fsp3) is 0.105. The van der Waals surface area contributed by atoms with E-state index in [-0.39, 0.29) is 35.3 Å². The third kappa shape index (κ3) is 2.63. The van der Waals surface area contributed by atoms with Crippen LogP contribution in [0.2, 0.25) is 0 Å². The summed E-state index contributed by atoms with van der Waals surface area (Å²) in [5.74, 6) is -2.11. The minimum Gasteiger partial charge on any atom is -0.478 e. The molecule has 6 nitrogen and oxygen atoms in total. The Kier molecular flexibility index (Phi) is 3.76. The maximum atomic E-state index is 13.3. The van der Waals surface area contributed by atoms with E-state index in [1.165, 1.54) is 18.3 Å². The number of carbonyl (C=O) groups is 2. The van der Waals surface area contributed by atoms with Gasteiger partial charge in [0.05, 0.1) is 11.4 Å². The van der Waals surface area contributed by atoms with Gasteiger partial charge in [0.2, 0.25) is 5.91 Å². The lowest BCUT2D eigenvalue weighted by Crippen LogP contribution is -2.25. The van der Waals surface area contributed by atoms with Crippen LogP contribution in [0.4, 0.5) is 10.1 Å². The number of aromatic nitrogens is 2. The van der Waals surface area contributed by atoms with E-state index in [9.17, 15) is 19.1 Å². The number of nitrogens with zero attached hydrogens (tertiary/aromatic N) is 2. The predicted molar refractivity (Wildman–Crippen MR) is 92.0 cm³/mol. The van der Waals surface area contributed by atoms with Crippen LogP contribution in [-0.2, 0) is 4.79 Å². The van der Waals surface area contributed by atoms with Gasteiger partial charge in [-0.25, -0.2) is 9.18 Å². The van der Waals surface area contributed by atoms with Crippen LogP contribution in [0.15, 0.2) is 55.0 Å². The molecule has 4 rings (SSSR count). The Morgan fingerprint density at radius 3 is 2.54 bits per heavy atom. The van der Waals surface area contributed by atoms with Gasteiger partial charge in [0, 0.05) is 36.6 Å². The van der Waals surface area contributed by atoms with E-state index in [1.54, 1.807) is 41.2 Å². The third-order valence-electron chi connectivity index (χ3n) is 4.47. The predicted octanol–water partition coefficient (Wildman–Crippen LogP) is 3.18. The van der Waals surface area contributed by atoms with Gasteiger partial charge in [0.15, 0.2) is 0 Å². The van der Waals surface area contributed by atoms with Gasteiger partial charge in [-0.15, -0.1) is 0 Å². The number of benzene rings is 1. The van der Waals surface area contributed by atoms with Crippen LogP contribution in [0, 0.1) is 5.82 Å². The van der Waals surface area contributed by atoms with Gasteiger partial charge >= 0.3 is 5.97 Å². The largest absolute Gasteiger partial charge is 0.478 e. The standard InChI is InChI=1S/C19H14FN3O3/c20-12-1-3-13(4-2-12)23-10-15(19(25)26)17-18(23)14(9-16(24)22-17)11-5-7-21-8-6-11/h1-8,10,14H,9H2,(H,22,24)(H,25,26)/t14-/m0/s1. The molecule has 130 valence electrons. The topological polar surface area (TPSA) is 84.2 Å². The van der Waals surface area contributed by atoms with Gasteiger partial charge in [0.25, 0.3) is 0 Å². The normalized spacial score (nSPS) is 16.0. The van der Waals surface area contributed by atoms with Crippen LogP contribution < -0.4 is 5.32 Å². The first kappa shape index (κ1) is 16.0. The zero-order valence-electron chi connectivity index (χ0n) is 13.5. The molecule has 0 saturated heterocycles. The summed E-state index contributed by atoms with van der Waals surface area (Å²) in [5, 5.41) is 12.2. The first-order chi connectivity index (χ1) is 12.5. The molecule has 7 heteroatoms. The van der Waals surface area contributed by atoms with Crippen LogP contribution >= 0.6 is 0 Å². The molecule has 0 radical (unpaired) electrons. The van der Waals surface area contributed by atoms with Gasteiger partial charge in [-0.05, 0) is 42.0 Å².